The van der Waals surface area contributed by atoms with Crippen molar-refractivity contribution in [3.63, 3.8) is 0 Å². The molecule has 1 amide bonds. The van der Waals surface area contributed by atoms with Crippen molar-refractivity contribution >= 4 is 27.3 Å². The lowest BCUT2D eigenvalue weighted by Gasteiger charge is -2.24. The van der Waals surface area contributed by atoms with Crippen LogP contribution in [0.15, 0.2) is 41.5 Å². The second kappa shape index (κ2) is 9.62. The Hall–Kier alpha value is -3.07. The Morgan fingerprint density at radius 3 is 2.37 bits per heavy atom. The van der Waals surface area contributed by atoms with Crippen molar-refractivity contribution in [2.24, 2.45) is 5.10 Å². The predicted molar refractivity (Wildman–Crippen MR) is 118 cm³/mol. The first-order valence-corrected chi connectivity index (χ1v) is 11.0. The van der Waals surface area contributed by atoms with E-state index in [1.54, 1.807) is 44.4 Å². The van der Waals surface area contributed by atoms with E-state index in [0.29, 0.717) is 22.9 Å². The smallest absolute Gasteiger partial charge is 0.260 e. The Kier molecular flexibility index (Phi) is 7.44. The average molecular weight is 434 g/mol. The zero-order valence-electron chi connectivity index (χ0n) is 18.0. The van der Waals surface area contributed by atoms with Gasteiger partial charge in [-0.05, 0) is 56.2 Å². The van der Waals surface area contributed by atoms with Crippen molar-refractivity contribution in [1.82, 2.24) is 5.43 Å². The molecule has 1 N–H and O–H groups in total. The molecule has 30 heavy (non-hydrogen) atoms. The minimum Gasteiger partial charge on any atom is -0.493 e. The molecule has 2 rings (SSSR count). The van der Waals surface area contributed by atoms with Gasteiger partial charge in [-0.2, -0.15) is 5.10 Å². The van der Waals surface area contributed by atoms with Crippen LogP contribution in [0.5, 0.6) is 11.5 Å². The zero-order valence-corrected chi connectivity index (χ0v) is 18.8. The van der Waals surface area contributed by atoms with E-state index < -0.39 is 15.9 Å². The predicted octanol–water partition coefficient (Wildman–Crippen LogP) is 2.63. The number of rotatable bonds is 8. The maximum absolute atomic E-state index is 12.5. The van der Waals surface area contributed by atoms with Crippen molar-refractivity contribution in [2.75, 3.05) is 31.3 Å². The minimum absolute atomic E-state index is 0.383. The Labute approximate surface area is 177 Å². The van der Waals surface area contributed by atoms with Gasteiger partial charge in [-0.15, -0.1) is 0 Å². The quantitative estimate of drug-likeness (QED) is 0.510. The van der Waals surface area contributed by atoms with Crippen LogP contribution < -0.4 is 19.2 Å². The number of aryl methyl sites for hydroxylation is 1. The molecule has 0 aliphatic rings. The molecule has 2 aromatic rings. The van der Waals surface area contributed by atoms with Gasteiger partial charge in [0.05, 0.1) is 31.9 Å². The van der Waals surface area contributed by atoms with Crippen LogP contribution in [0, 0.1) is 13.8 Å². The summed E-state index contributed by atoms with van der Waals surface area (Å²) < 4.78 is 36.2. The van der Waals surface area contributed by atoms with Crippen LogP contribution in [0.2, 0.25) is 0 Å². The molecule has 0 atom stereocenters. The second-order valence-electron chi connectivity index (χ2n) is 6.79. The summed E-state index contributed by atoms with van der Waals surface area (Å²) in [6.07, 6.45) is 1.07. The third-order valence-electron chi connectivity index (χ3n) is 4.68. The van der Waals surface area contributed by atoms with Gasteiger partial charge in [-0.1, -0.05) is 12.1 Å². The number of benzene rings is 2. The van der Waals surface area contributed by atoms with Crippen LogP contribution >= 0.6 is 0 Å². The van der Waals surface area contributed by atoms with E-state index >= 15 is 0 Å². The number of nitrogens with one attached hydrogen (secondary N) is 1. The molecule has 0 radical (unpaired) electrons. The first-order valence-electron chi connectivity index (χ1n) is 9.18. The third kappa shape index (κ3) is 5.50. The van der Waals surface area contributed by atoms with Gasteiger partial charge in [0.2, 0.25) is 10.0 Å². The van der Waals surface area contributed by atoms with Crippen molar-refractivity contribution in [3.8, 4) is 11.5 Å². The number of carbonyl (C=O) groups is 1. The highest BCUT2D eigenvalue weighted by Crippen LogP contribution is 2.28. The van der Waals surface area contributed by atoms with Gasteiger partial charge in [-0.25, -0.2) is 13.8 Å². The topological polar surface area (TPSA) is 97.3 Å². The first-order chi connectivity index (χ1) is 14.1. The van der Waals surface area contributed by atoms with E-state index in [1.807, 2.05) is 19.9 Å². The molecule has 2 aromatic carbocycles. The van der Waals surface area contributed by atoms with Gasteiger partial charge >= 0.3 is 0 Å². The number of hydrazone groups is 1. The van der Waals surface area contributed by atoms with Gasteiger partial charge in [0.1, 0.15) is 6.54 Å². The third-order valence-corrected chi connectivity index (χ3v) is 5.81. The Bertz CT molecular complexity index is 1060. The molecule has 0 heterocycles. The summed E-state index contributed by atoms with van der Waals surface area (Å²) in [4.78, 5) is 12.5. The summed E-state index contributed by atoms with van der Waals surface area (Å²) >= 11 is 0. The molecule has 0 aliphatic carbocycles. The molecule has 9 heteroatoms. The van der Waals surface area contributed by atoms with Gasteiger partial charge in [-0.3, -0.25) is 9.10 Å². The normalized spacial score (nSPS) is 11.7. The molecule has 0 bridgehead atoms. The van der Waals surface area contributed by atoms with E-state index in [4.69, 9.17) is 9.47 Å². The number of hydrogen-bond donors (Lipinski definition) is 1. The van der Waals surface area contributed by atoms with Crippen LogP contribution in [-0.2, 0) is 14.8 Å². The fraction of sp³-hybridized carbons (Fsp3) is 0.333. The summed E-state index contributed by atoms with van der Waals surface area (Å²) in [7, 11) is -0.592. The van der Waals surface area contributed by atoms with Crippen molar-refractivity contribution < 1.29 is 22.7 Å². The molecular weight excluding hydrogens is 406 g/mol. The van der Waals surface area contributed by atoms with Crippen LogP contribution in [0.1, 0.15) is 23.6 Å². The Balaban J connectivity index is 2.21. The van der Waals surface area contributed by atoms with E-state index in [0.717, 1.165) is 27.3 Å². The van der Waals surface area contributed by atoms with Crippen molar-refractivity contribution in [3.05, 3.63) is 53.1 Å². The first kappa shape index (κ1) is 23.2. The number of amides is 1. The standard InChI is InChI=1S/C21H27N3O5S/c1-14-8-7-9-18(15(14)2)24(30(6,26)27)13-21(25)23-22-16(3)17-10-11-19(28-4)20(12-17)29-5/h7-12H,13H2,1-6H3,(H,23,25)/b22-16-. The number of hydrogen-bond acceptors (Lipinski definition) is 6. The number of sulfonamides is 1. The second-order valence-corrected chi connectivity index (χ2v) is 8.70. The van der Waals surface area contributed by atoms with Crippen LogP contribution in [-0.4, -0.2) is 47.1 Å². The number of ether oxygens (including phenoxy) is 2. The molecule has 0 unspecified atom stereocenters. The number of methoxy groups -OCH3 is 2. The van der Waals surface area contributed by atoms with Gasteiger partial charge in [0, 0.05) is 5.56 Å². The lowest BCUT2D eigenvalue weighted by atomic mass is 10.1. The molecular formula is C21H27N3O5S. The van der Waals surface area contributed by atoms with E-state index in [1.165, 1.54) is 7.11 Å². The molecule has 0 fully saturated rings. The Morgan fingerprint density at radius 1 is 1.10 bits per heavy atom. The van der Waals surface area contributed by atoms with Gasteiger partial charge in [0.25, 0.3) is 5.91 Å². The molecule has 0 aliphatic heterocycles. The molecule has 0 aromatic heterocycles. The number of nitrogens with zero attached hydrogens (tertiary/aromatic N) is 2. The lowest BCUT2D eigenvalue weighted by Crippen LogP contribution is -2.39. The maximum atomic E-state index is 12.5. The van der Waals surface area contributed by atoms with Crippen LogP contribution in [0.25, 0.3) is 0 Å². The monoisotopic (exact) mass is 433 g/mol. The van der Waals surface area contributed by atoms with Crippen molar-refractivity contribution in [1.29, 1.82) is 0 Å². The molecule has 162 valence electrons. The van der Waals surface area contributed by atoms with Crippen molar-refractivity contribution in [2.45, 2.75) is 20.8 Å². The summed E-state index contributed by atoms with van der Waals surface area (Å²) in [6.45, 7) is 5.04. The fourth-order valence-corrected chi connectivity index (χ4v) is 3.73. The number of carbonyl (C=O) groups excluding carboxylic acids is 1. The zero-order chi connectivity index (χ0) is 22.5. The maximum Gasteiger partial charge on any atom is 0.260 e. The molecule has 0 spiro atoms. The van der Waals surface area contributed by atoms with Gasteiger partial charge < -0.3 is 9.47 Å². The fourth-order valence-electron chi connectivity index (χ4n) is 2.82. The lowest BCUT2D eigenvalue weighted by molar-refractivity contribution is -0.119. The highest BCUT2D eigenvalue weighted by molar-refractivity contribution is 7.92. The van der Waals surface area contributed by atoms with Crippen LogP contribution in [0.3, 0.4) is 0 Å². The Morgan fingerprint density at radius 2 is 1.77 bits per heavy atom. The highest BCUT2D eigenvalue weighted by atomic mass is 32.2. The van der Waals surface area contributed by atoms with E-state index in [2.05, 4.69) is 10.5 Å². The largest absolute Gasteiger partial charge is 0.493 e. The SMILES string of the molecule is COc1ccc(/C(C)=N\NC(=O)CN(c2cccc(C)c2C)S(C)(=O)=O)cc1OC. The molecule has 8 nitrogen and oxygen atoms in total. The summed E-state index contributed by atoms with van der Waals surface area (Å²) in [5.74, 6) is 0.561. The summed E-state index contributed by atoms with van der Waals surface area (Å²) in [6, 6.07) is 10.6. The summed E-state index contributed by atoms with van der Waals surface area (Å²) in [5.41, 5.74) is 5.87. The summed E-state index contributed by atoms with van der Waals surface area (Å²) in [5, 5.41) is 4.09. The number of anilines is 1. The minimum atomic E-state index is -3.67. The molecule has 0 saturated heterocycles. The molecule has 0 saturated carbocycles. The van der Waals surface area contributed by atoms with Crippen LogP contribution in [0.4, 0.5) is 5.69 Å². The van der Waals surface area contributed by atoms with Gasteiger partial charge in [0.15, 0.2) is 11.5 Å². The highest BCUT2D eigenvalue weighted by Gasteiger charge is 2.22. The van der Waals surface area contributed by atoms with E-state index in [-0.39, 0.29) is 6.54 Å². The van der Waals surface area contributed by atoms with E-state index in [9.17, 15) is 13.2 Å². The average Bonchev–Trinajstić information content (AvgIpc) is 2.71.